The van der Waals surface area contributed by atoms with Gasteiger partial charge in [-0.2, -0.15) is 0 Å². The molecule has 2 aromatic heterocycles. The third-order valence-electron chi connectivity index (χ3n) is 5.95. The van der Waals surface area contributed by atoms with E-state index in [4.69, 9.17) is 32.9 Å². The fourth-order valence-electron chi connectivity index (χ4n) is 4.37. The Balaban J connectivity index is 1.66. The summed E-state index contributed by atoms with van der Waals surface area (Å²) in [4.78, 5) is 34.7. The highest BCUT2D eigenvalue weighted by Crippen LogP contribution is 2.34. The number of pyridine rings is 1. The van der Waals surface area contributed by atoms with Gasteiger partial charge in [0.05, 0.1) is 36.3 Å². The summed E-state index contributed by atoms with van der Waals surface area (Å²) in [6.45, 7) is 4.33. The normalized spacial score (nSPS) is 12.9. The Labute approximate surface area is 205 Å². The van der Waals surface area contributed by atoms with E-state index in [1.54, 1.807) is 16.7 Å². The number of rotatable bonds is 4. The zero-order chi connectivity index (χ0) is 24.1. The lowest BCUT2D eigenvalue weighted by molar-refractivity contribution is 0.0595. The summed E-state index contributed by atoms with van der Waals surface area (Å²) in [6, 6.07) is 12.4. The summed E-state index contributed by atoms with van der Waals surface area (Å²) in [5.74, 6) is -0.00955. The number of nitrogens with one attached hydrogen (secondary N) is 1. The van der Waals surface area contributed by atoms with Gasteiger partial charge in [-0.25, -0.2) is 14.8 Å². The number of anilines is 1. The number of carbonyl (C=O) groups is 1. The molecule has 0 saturated carbocycles. The molecule has 7 nitrogen and oxygen atoms in total. The van der Waals surface area contributed by atoms with Gasteiger partial charge in [0.2, 0.25) is 0 Å². The summed E-state index contributed by atoms with van der Waals surface area (Å²) in [5.41, 5.74) is 4.64. The number of carbonyl (C=O) groups excluding carboxylic acids is 1. The molecule has 1 N–H and O–H groups in total. The Bertz CT molecular complexity index is 1550. The average Bonchev–Trinajstić information content (AvgIpc) is 3.18. The molecule has 1 atom stereocenters. The third kappa shape index (κ3) is 3.71. The van der Waals surface area contributed by atoms with E-state index in [-0.39, 0.29) is 22.4 Å². The molecule has 0 bridgehead atoms. The number of ether oxygens (including phenoxy) is 1. The highest BCUT2D eigenvalue weighted by atomic mass is 35.5. The van der Waals surface area contributed by atoms with Crippen molar-refractivity contribution < 1.29 is 9.53 Å². The number of fused-ring (bicyclic) bond motifs is 4. The van der Waals surface area contributed by atoms with Crippen molar-refractivity contribution in [1.29, 1.82) is 0 Å². The lowest BCUT2D eigenvalue weighted by Gasteiger charge is -2.20. The largest absolute Gasteiger partial charge is 0.464 e. The molecule has 0 saturated heterocycles. The van der Waals surface area contributed by atoms with Crippen LogP contribution in [0.1, 0.15) is 40.1 Å². The van der Waals surface area contributed by atoms with Gasteiger partial charge in [0.25, 0.3) is 5.56 Å². The van der Waals surface area contributed by atoms with E-state index in [0.717, 1.165) is 22.3 Å². The van der Waals surface area contributed by atoms with Crippen LogP contribution in [-0.2, 0) is 11.3 Å². The molecule has 0 aliphatic carbocycles. The number of hydrogen-bond donors (Lipinski definition) is 1. The maximum atomic E-state index is 13.5. The van der Waals surface area contributed by atoms with Crippen molar-refractivity contribution in [3.05, 3.63) is 85.4 Å². The molecule has 0 fully saturated rings. The molecule has 0 spiro atoms. The van der Waals surface area contributed by atoms with Gasteiger partial charge in [-0.3, -0.25) is 9.36 Å². The van der Waals surface area contributed by atoms with Crippen LogP contribution in [0.25, 0.3) is 22.3 Å². The molecule has 2 aromatic carbocycles. The number of methoxy groups -OCH3 is 1. The summed E-state index contributed by atoms with van der Waals surface area (Å²) >= 11 is 12.2. The van der Waals surface area contributed by atoms with Gasteiger partial charge in [-0.05, 0) is 55.3 Å². The number of halogens is 2. The predicted octanol–water partition coefficient (Wildman–Crippen LogP) is 5.40. The minimum atomic E-state index is -0.603. The highest BCUT2D eigenvalue weighted by Gasteiger charge is 2.25. The van der Waals surface area contributed by atoms with E-state index in [2.05, 4.69) is 10.3 Å². The van der Waals surface area contributed by atoms with Gasteiger partial charge >= 0.3 is 5.97 Å². The molecular formula is C25H20Cl2N4O3. The van der Waals surface area contributed by atoms with Crippen molar-refractivity contribution in [2.45, 2.75) is 26.4 Å². The zero-order valence-corrected chi connectivity index (χ0v) is 20.2. The third-order valence-corrected chi connectivity index (χ3v) is 6.40. The fourth-order valence-corrected chi connectivity index (χ4v) is 4.68. The molecule has 172 valence electrons. The van der Waals surface area contributed by atoms with Crippen LogP contribution in [0, 0.1) is 6.92 Å². The monoisotopic (exact) mass is 494 g/mol. The highest BCUT2D eigenvalue weighted by molar-refractivity contribution is 6.31. The van der Waals surface area contributed by atoms with Crippen molar-refractivity contribution in [3.8, 4) is 11.4 Å². The molecule has 0 unspecified atom stereocenters. The first-order valence-corrected chi connectivity index (χ1v) is 11.4. The van der Waals surface area contributed by atoms with Crippen LogP contribution in [0.5, 0.6) is 0 Å². The molecule has 0 radical (unpaired) electrons. The van der Waals surface area contributed by atoms with Gasteiger partial charge in [-0.15, -0.1) is 0 Å². The molecule has 4 aromatic rings. The Morgan fingerprint density at radius 3 is 2.71 bits per heavy atom. The minimum absolute atomic E-state index is 0.0799. The Hall–Kier alpha value is -3.42. The smallest absolute Gasteiger partial charge is 0.358 e. The van der Waals surface area contributed by atoms with Gasteiger partial charge in [0.15, 0.2) is 5.69 Å². The number of nitrogens with zero attached hydrogens (tertiary/aromatic N) is 3. The van der Waals surface area contributed by atoms with Gasteiger partial charge in [-0.1, -0.05) is 35.3 Å². The topological polar surface area (TPSA) is 86.1 Å². The van der Waals surface area contributed by atoms with Crippen molar-refractivity contribution in [3.63, 3.8) is 0 Å². The van der Waals surface area contributed by atoms with E-state index in [1.807, 2.05) is 44.2 Å². The van der Waals surface area contributed by atoms with Crippen molar-refractivity contribution >= 4 is 45.8 Å². The molecule has 0 amide bonds. The van der Waals surface area contributed by atoms with Crippen LogP contribution in [0.15, 0.2) is 47.3 Å². The molecule has 1 aliphatic heterocycles. The fraction of sp³-hybridized carbons (Fsp3) is 0.200. The average molecular weight is 495 g/mol. The van der Waals surface area contributed by atoms with Gasteiger partial charge in [0, 0.05) is 16.1 Å². The molecule has 3 heterocycles. The second-order valence-corrected chi connectivity index (χ2v) is 9.09. The maximum Gasteiger partial charge on any atom is 0.358 e. The number of benzene rings is 2. The summed E-state index contributed by atoms with van der Waals surface area (Å²) in [5, 5.41) is 4.62. The van der Waals surface area contributed by atoms with Crippen LogP contribution < -0.4 is 10.9 Å². The standard InChI is InChI=1S/C25H20Cl2N4O3/c1-12-8-16(13(2)28-19-6-7-20(27)29-22(19)25(33)34-3)21-18(9-12)24(32)31-11-14-4-5-15(26)10-17(14)23(31)30-21/h4-10,13,28H,11H2,1-3H3/t13-/m1/s1. The van der Waals surface area contributed by atoms with Crippen molar-refractivity contribution in [2.75, 3.05) is 12.4 Å². The lowest BCUT2D eigenvalue weighted by Crippen LogP contribution is -2.22. The molecule has 1 aliphatic rings. The van der Waals surface area contributed by atoms with Crippen LogP contribution >= 0.6 is 23.2 Å². The van der Waals surface area contributed by atoms with E-state index < -0.39 is 5.97 Å². The SMILES string of the molecule is COC(=O)c1nc(Cl)ccc1N[C@H](C)c1cc(C)cc2c(=O)n3c(nc12)-c1cc(Cl)ccc1C3. The van der Waals surface area contributed by atoms with Crippen LogP contribution in [0.3, 0.4) is 0 Å². The molecule has 5 rings (SSSR count). The quantitative estimate of drug-likeness (QED) is 0.266. The second-order valence-electron chi connectivity index (χ2n) is 8.27. The van der Waals surface area contributed by atoms with E-state index in [9.17, 15) is 9.59 Å². The molecular weight excluding hydrogens is 475 g/mol. The zero-order valence-electron chi connectivity index (χ0n) is 18.6. The van der Waals surface area contributed by atoms with Crippen molar-refractivity contribution in [1.82, 2.24) is 14.5 Å². The van der Waals surface area contributed by atoms with Gasteiger partial charge < -0.3 is 10.1 Å². The van der Waals surface area contributed by atoms with Crippen LogP contribution in [0.4, 0.5) is 5.69 Å². The summed E-state index contributed by atoms with van der Waals surface area (Å²) in [6.07, 6.45) is 0. The first kappa shape index (κ1) is 22.4. The van der Waals surface area contributed by atoms with Crippen LogP contribution in [0.2, 0.25) is 10.2 Å². The number of hydrogen-bond acceptors (Lipinski definition) is 6. The number of aryl methyl sites for hydroxylation is 1. The number of esters is 1. The summed E-state index contributed by atoms with van der Waals surface area (Å²) < 4.78 is 6.53. The van der Waals surface area contributed by atoms with Gasteiger partial charge in [0.1, 0.15) is 11.0 Å². The Kier molecular flexibility index (Phi) is 5.54. The molecule has 34 heavy (non-hydrogen) atoms. The molecule has 9 heteroatoms. The lowest BCUT2D eigenvalue weighted by atomic mass is 10.0. The Morgan fingerprint density at radius 1 is 1.15 bits per heavy atom. The van der Waals surface area contributed by atoms with E-state index in [0.29, 0.717) is 34.0 Å². The van der Waals surface area contributed by atoms with Crippen LogP contribution in [-0.4, -0.2) is 27.6 Å². The summed E-state index contributed by atoms with van der Waals surface area (Å²) in [7, 11) is 1.29. The maximum absolute atomic E-state index is 13.5. The first-order valence-electron chi connectivity index (χ1n) is 10.6. The minimum Gasteiger partial charge on any atom is -0.464 e. The number of aromatic nitrogens is 3. The van der Waals surface area contributed by atoms with Crippen molar-refractivity contribution in [2.24, 2.45) is 0 Å². The van der Waals surface area contributed by atoms with E-state index >= 15 is 0 Å². The Morgan fingerprint density at radius 2 is 1.94 bits per heavy atom. The second kappa shape index (κ2) is 8.42. The van der Waals surface area contributed by atoms with E-state index in [1.165, 1.54) is 7.11 Å². The predicted molar refractivity (Wildman–Crippen MR) is 133 cm³/mol. The first-order chi connectivity index (χ1) is 16.3.